The Kier molecular flexibility index (Phi) is 2.70. The Morgan fingerprint density at radius 1 is 1.31 bits per heavy atom. The van der Waals surface area contributed by atoms with E-state index in [9.17, 15) is 13.2 Å². The first-order valence-corrected chi connectivity index (χ1v) is 5.36. The summed E-state index contributed by atoms with van der Waals surface area (Å²) >= 11 is 0. The average Bonchev–Trinajstić information content (AvgIpc) is 2.17. The van der Waals surface area contributed by atoms with Gasteiger partial charge in [-0.2, -0.15) is 13.2 Å². The van der Waals surface area contributed by atoms with Gasteiger partial charge in [0, 0.05) is 6.04 Å². The van der Waals surface area contributed by atoms with Crippen molar-refractivity contribution < 1.29 is 13.2 Å². The van der Waals surface area contributed by atoms with E-state index < -0.39 is 11.7 Å². The third kappa shape index (κ3) is 1.94. The number of nitrogens with two attached hydrogens (primary N) is 1. The van der Waals surface area contributed by atoms with Gasteiger partial charge in [0.15, 0.2) is 0 Å². The summed E-state index contributed by atoms with van der Waals surface area (Å²) in [6, 6.07) is 2.76. The molecular weight excluding hydrogens is 215 g/mol. The highest BCUT2D eigenvalue weighted by Gasteiger charge is 2.33. The summed E-state index contributed by atoms with van der Waals surface area (Å²) in [5, 5.41) is 0. The van der Waals surface area contributed by atoms with E-state index in [1.165, 1.54) is 13.0 Å². The minimum Gasteiger partial charge on any atom is -0.324 e. The Bertz CT molecular complexity index is 409. The van der Waals surface area contributed by atoms with Gasteiger partial charge >= 0.3 is 6.18 Å². The predicted molar refractivity (Wildman–Crippen MR) is 56.0 cm³/mol. The van der Waals surface area contributed by atoms with Crippen molar-refractivity contribution in [3.8, 4) is 0 Å². The van der Waals surface area contributed by atoms with Crippen LogP contribution in [-0.2, 0) is 12.6 Å². The standard InChI is InChI=1S/C12H14F3N/c1-7-5-9-8(3-2-4-11(9)16)6-10(7)12(13,14)15/h5-6,11H,2-4,16H2,1H3. The van der Waals surface area contributed by atoms with Gasteiger partial charge in [0.2, 0.25) is 0 Å². The molecule has 1 unspecified atom stereocenters. The summed E-state index contributed by atoms with van der Waals surface area (Å²) < 4.78 is 38.1. The molecule has 2 rings (SSSR count). The zero-order chi connectivity index (χ0) is 11.9. The molecule has 88 valence electrons. The number of halogens is 3. The average molecular weight is 229 g/mol. The monoisotopic (exact) mass is 229 g/mol. The van der Waals surface area contributed by atoms with Crippen LogP contribution in [0, 0.1) is 6.92 Å². The van der Waals surface area contributed by atoms with Crippen molar-refractivity contribution in [1.82, 2.24) is 0 Å². The highest BCUT2D eigenvalue weighted by molar-refractivity contribution is 5.42. The fourth-order valence-electron chi connectivity index (χ4n) is 2.31. The topological polar surface area (TPSA) is 26.0 Å². The van der Waals surface area contributed by atoms with Gasteiger partial charge in [0.05, 0.1) is 5.56 Å². The molecule has 1 nitrogen and oxygen atoms in total. The second-order valence-corrected chi connectivity index (χ2v) is 4.36. The van der Waals surface area contributed by atoms with E-state index in [0.29, 0.717) is 6.42 Å². The summed E-state index contributed by atoms with van der Waals surface area (Å²) in [6.07, 6.45) is -1.83. The molecule has 0 fully saturated rings. The summed E-state index contributed by atoms with van der Waals surface area (Å²) in [5.74, 6) is 0. The minimum absolute atomic E-state index is 0.107. The lowest BCUT2D eigenvalue weighted by Gasteiger charge is -2.24. The third-order valence-electron chi connectivity index (χ3n) is 3.15. The van der Waals surface area contributed by atoms with Gasteiger partial charge in [-0.15, -0.1) is 0 Å². The molecule has 1 aliphatic carbocycles. The Balaban J connectivity index is 2.53. The Labute approximate surface area is 92.5 Å². The molecule has 0 radical (unpaired) electrons. The van der Waals surface area contributed by atoms with Crippen LogP contribution in [0.2, 0.25) is 0 Å². The highest BCUT2D eigenvalue weighted by atomic mass is 19.4. The molecule has 16 heavy (non-hydrogen) atoms. The molecule has 0 aliphatic heterocycles. The molecule has 0 saturated carbocycles. The molecule has 4 heteroatoms. The molecule has 0 bridgehead atoms. The van der Waals surface area contributed by atoms with Crippen LogP contribution < -0.4 is 5.73 Å². The number of benzene rings is 1. The Hall–Kier alpha value is -1.03. The molecular formula is C12H14F3N. The lowest BCUT2D eigenvalue weighted by atomic mass is 9.85. The van der Waals surface area contributed by atoms with Crippen molar-refractivity contribution >= 4 is 0 Å². The first-order valence-electron chi connectivity index (χ1n) is 5.36. The minimum atomic E-state index is -4.26. The summed E-state index contributed by atoms with van der Waals surface area (Å²) in [7, 11) is 0. The number of aryl methyl sites for hydroxylation is 2. The molecule has 0 aromatic heterocycles. The van der Waals surface area contributed by atoms with E-state index in [1.54, 1.807) is 6.07 Å². The largest absolute Gasteiger partial charge is 0.416 e. The molecule has 1 aromatic rings. The number of fused-ring (bicyclic) bond motifs is 1. The van der Waals surface area contributed by atoms with E-state index in [4.69, 9.17) is 5.73 Å². The van der Waals surface area contributed by atoms with Crippen LogP contribution in [0.3, 0.4) is 0 Å². The smallest absolute Gasteiger partial charge is 0.324 e. The van der Waals surface area contributed by atoms with Crippen molar-refractivity contribution in [3.05, 3.63) is 34.4 Å². The molecule has 0 spiro atoms. The van der Waals surface area contributed by atoms with Gasteiger partial charge in [-0.1, -0.05) is 6.07 Å². The van der Waals surface area contributed by atoms with Crippen molar-refractivity contribution in [2.45, 2.75) is 38.4 Å². The van der Waals surface area contributed by atoms with Gasteiger partial charge in [-0.05, 0) is 48.9 Å². The first-order chi connectivity index (χ1) is 7.39. The molecule has 1 aliphatic rings. The van der Waals surface area contributed by atoms with Crippen LogP contribution in [0.25, 0.3) is 0 Å². The van der Waals surface area contributed by atoms with Crippen LogP contribution in [0.15, 0.2) is 12.1 Å². The maximum absolute atomic E-state index is 12.7. The predicted octanol–water partition coefficient (Wildman–Crippen LogP) is 3.35. The molecule has 2 N–H and O–H groups in total. The van der Waals surface area contributed by atoms with Gasteiger partial charge in [-0.25, -0.2) is 0 Å². The van der Waals surface area contributed by atoms with E-state index in [-0.39, 0.29) is 11.6 Å². The van der Waals surface area contributed by atoms with E-state index in [2.05, 4.69) is 0 Å². The van der Waals surface area contributed by atoms with Gasteiger partial charge in [-0.3, -0.25) is 0 Å². The maximum atomic E-state index is 12.7. The van der Waals surface area contributed by atoms with Crippen molar-refractivity contribution in [1.29, 1.82) is 0 Å². The highest BCUT2D eigenvalue weighted by Crippen LogP contribution is 2.37. The summed E-state index contributed by atoms with van der Waals surface area (Å²) in [4.78, 5) is 0. The quantitative estimate of drug-likeness (QED) is 0.725. The number of rotatable bonds is 0. The van der Waals surface area contributed by atoms with E-state index >= 15 is 0 Å². The zero-order valence-electron chi connectivity index (χ0n) is 9.06. The van der Waals surface area contributed by atoms with Gasteiger partial charge in [0.1, 0.15) is 0 Å². The Morgan fingerprint density at radius 3 is 2.62 bits per heavy atom. The maximum Gasteiger partial charge on any atom is 0.416 e. The van der Waals surface area contributed by atoms with Crippen LogP contribution >= 0.6 is 0 Å². The summed E-state index contributed by atoms with van der Waals surface area (Å²) in [5.41, 5.74) is 7.28. The second-order valence-electron chi connectivity index (χ2n) is 4.36. The second kappa shape index (κ2) is 3.77. The van der Waals surface area contributed by atoms with E-state index in [0.717, 1.165) is 24.0 Å². The lowest BCUT2D eigenvalue weighted by molar-refractivity contribution is -0.138. The molecule has 0 saturated heterocycles. The van der Waals surface area contributed by atoms with Gasteiger partial charge < -0.3 is 5.73 Å². The van der Waals surface area contributed by atoms with Crippen LogP contribution in [-0.4, -0.2) is 0 Å². The third-order valence-corrected chi connectivity index (χ3v) is 3.15. The number of hydrogen-bond acceptors (Lipinski definition) is 1. The normalized spacial score (nSPS) is 20.7. The fraction of sp³-hybridized carbons (Fsp3) is 0.500. The fourth-order valence-corrected chi connectivity index (χ4v) is 2.31. The van der Waals surface area contributed by atoms with Crippen molar-refractivity contribution in [3.63, 3.8) is 0 Å². The number of alkyl halides is 3. The summed E-state index contributed by atoms with van der Waals surface area (Å²) in [6.45, 7) is 1.49. The molecule has 1 aromatic carbocycles. The molecule has 0 heterocycles. The van der Waals surface area contributed by atoms with Crippen LogP contribution in [0.4, 0.5) is 13.2 Å². The molecule has 1 atom stereocenters. The van der Waals surface area contributed by atoms with Crippen molar-refractivity contribution in [2.75, 3.05) is 0 Å². The molecule has 0 amide bonds. The first kappa shape index (κ1) is 11.5. The van der Waals surface area contributed by atoms with Crippen LogP contribution in [0.5, 0.6) is 0 Å². The van der Waals surface area contributed by atoms with Crippen molar-refractivity contribution in [2.24, 2.45) is 5.73 Å². The SMILES string of the molecule is Cc1cc2c(cc1C(F)(F)F)CCCC2N. The number of hydrogen-bond donors (Lipinski definition) is 1. The Morgan fingerprint density at radius 2 is 2.00 bits per heavy atom. The van der Waals surface area contributed by atoms with Gasteiger partial charge in [0.25, 0.3) is 0 Å². The van der Waals surface area contributed by atoms with E-state index in [1.807, 2.05) is 0 Å². The van der Waals surface area contributed by atoms with Crippen LogP contribution in [0.1, 0.15) is 41.1 Å². The lowest BCUT2D eigenvalue weighted by Crippen LogP contribution is -2.19. The zero-order valence-corrected chi connectivity index (χ0v) is 9.06.